The number of ketones is 1. The zero-order chi connectivity index (χ0) is 18.1. The van der Waals surface area contributed by atoms with Crippen molar-refractivity contribution in [2.45, 2.75) is 26.2 Å². The Kier molecular flexibility index (Phi) is 5.08. The average molecular weight is 397 g/mol. The second-order valence-corrected chi connectivity index (χ2v) is 7.32. The first kappa shape index (κ1) is 17.8. The summed E-state index contributed by atoms with van der Waals surface area (Å²) in [6.45, 7) is 2.10. The van der Waals surface area contributed by atoms with Crippen molar-refractivity contribution < 1.29 is 4.79 Å². The molecule has 0 aliphatic heterocycles. The summed E-state index contributed by atoms with van der Waals surface area (Å²) in [6, 6.07) is 0. The third kappa shape index (κ3) is 3.53. The van der Waals surface area contributed by atoms with E-state index in [9.17, 15) is 9.59 Å². The summed E-state index contributed by atoms with van der Waals surface area (Å²) in [7, 11) is 0. The molecule has 25 heavy (non-hydrogen) atoms. The highest BCUT2D eigenvalue weighted by Gasteiger charge is 2.18. The number of aryl methyl sites for hydroxylation is 1. The quantitative estimate of drug-likeness (QED) is 0.855. The highest BCUT2D eigenvalue weighted by atomic mass is 35.5. The number of nitrogen functional groups attached to an aromatic ring is 1. The van der Waals surface area contributed by atoms with Gasteiger partial charge in [0.15, 0.2) is 0 Å². The monoisotopic (exact) mass is 396 g/mol. The van der Waals surface area contributed by atoms with Gasteiger partial charge in [-0.2, -0.15) is 14.6 Å². The average Bonchev–Trinajstić information content (AvgIpc) is 2.97. The minimum absolute atomic E-state index is 0.0260. The number of allylic oxidation sites excluding steroid dienone is 5. The van der Waals surface area contributed by atoms with Gasteiger partial charge in [0.2, 0.25) is 10.7 Å². The van der Waals surface area contributed by atoms with Crippen LogP contribution in [-0.2, 0) is 11.2 Å². The van der Waals surface area contributed by atoms with Crippen LogP contribution in [-0.4, -0.2) is 20.4 Å². The molecule has 0 unspecified atom stereocenters. The molecule has 0 aromatic carbocycles. The number of halogens is 2. The number of unbranched alkanes of at least 4 members (excludes halogenated alkanes) is 1. The van der Waals surface area contributed by atoms with Crippen LogP contribution in [0, 0.1) is 0 Å². The highest BCUT2D eigenvalue weighted by molar-refractivity contribution is 7.16. The zero-order valence-corrected chi connectivity index (χ0v) is 15.6. The number of nitrogens with two attached hydrogens (primary N) is 1. The molecule has 1 aliphatic rings. The molecule has 2 heterocycles. The lowest BCUT2D eigenvalue weighted by atomic mass is 10.1. The molecule has 0 saturated heterocycles. The maximum absolute atomic E-state index is 12.3. The summed E-state index contributed by atoms with van der Waals surface area (Å²) in [5, 5.41) is 5.25. The van der Waals surface area contributed by atoms with Gasteiger partial charge in [-0.3, -0.25) is 9.59 Å². The molecular weight excluding hydrogens is 383 g/mol. The Balaban J connectivity index is 2.09. The van der Waals surface area contributed by atoms with Gasteiger partial charge in [-0.15, -0.1) is 0 Å². The van der Waals surface area contributed by atoms with Crippen molar-refractivity contribution >= 4 is 57.2 Å². The molecule has 2 aromatic heterocycles. The Morgan fingerprint density at radius 2 is 1.96 bits per heavy atom. The molecular formula is C16H14Cl2N4O2S. The summed E-state index contributed by atoms with van der Waals surface area (Å²) >= 11 is 13.1. The number of anilines is 1. The van der Waals surface area contributed by atoms with Crippen molar-refractivity contribution in [1.29, 1.82) is 0 Å². The van der Waals surface area contributed by atoms with Crippen molar-refractivity contribution in [2.24, 2.45) is 0 Å². The smallest absolute Gasteiger partial charge is 0.283 e. The van der Waals surface area contributed by atoms with E-state index < -0.39 is 11.3 Å². The van der Waals surface area contributed by atoms with E-state index in [0.29, 0.717) is 10.5 Å². The number of carbonyl (C=O) groups is 1. The SMILES string of the molecule is CCCCc1nn2c(N)c(C=C3C=C(Cl)C(=O)C(Cl)=C3)c(=O)nc2s1. The van der Waals surface area contributed by atoms with Crippen molar-refractivity contribution in [2.75, 3.05) is 5.73 Å². The molecule has 1 aliphatic carbocycles. The van der Waals surface area contributed by atoms with Gasteiger partial charge in [0.25, 0.3) is 5.56 Å². The van der Waals surface area contributed by atoms with Crippen LogP contribution in [0.25, 0.3) is 11.0 Å². The Bertz CT molecular complexity index is 993. The maximum atomic E-state index is 12.3. The topological polar surface area (TPSA) is 90.4 Å². The number of rotatable bonds is 4. The summed E-state index contributed by atoms with van der Waals surface area (Å²) in [5.74, 6) is -0.272. The molecule has 130 valence electrons. The van der Waals surface area contributed by atoms with E-state index in [1.807, 2.05) is 0 Å². The Hall–Kier alpha value is -1.96. The van der Waals surface area contributed by atoms with Crippen molar-refractivity contribution in [3.05, 3.63) is 48.7 Å². The summed E-state index contributed by atoms with van der Waals surface area (Å²) in [4.78, 5) is 28.4. The largest absolute Gasteiger partial charge is 0.383 e. The number of aromatic nitrogens is 3. The molecule has 9 heteroatoms. The third-order valence-electron chi connectivity index (χ3n) is 3.61. The Morgan fingerprint density at radius 1 is 1.28 bits per heavy atom. The van der Waals surface area contributed by atoms with E-state index in [1.165, 1.54) is 34.1 Å². The molecule has 0 radical (unpaired) electrons. The molecule has 0 bridgehead atoms. The molecule has 3 rings (SSSR count). The summed E-state index contributed by atoms with van der Waals surface area (Å²) in [5.41, 5.74) is 6.32. The fourth-order valence-corrected chi connectivity index (χ4v) is 3.75. The first-order valence-corrected chi connectivity index (χ1v) is 9.17. The second-order valence-electron chi connectivity index (χ2n) is 5.47. The van der Waals surface area contributed by atoms with Gasteiger partial charge in [-0.25, -0.2) is 0 Å². The zero-order valence-electron chi connectivity index (χ0n) is 13.3. The van der Waals surface area contributed by atoms with Gasteiger partial charge in [-0.1, -0.05) is 47.9 Å². The van der Waals surface area contributed by atoms with Gasteiger partial charge < -0.3 is 5.73 Å². The lowest BCUT2D eigenvalue weighted by molar-refractivity contribution is -0.111. The van der Waals surface area contributed by atoms with Gasteiger partial charge in [0.1, 0.15) is 10.8 Å². The van der Waals surface area contributed by atoms with Crippen LogP contribution >= 0.6 is 34.5 Å². The molecule has 6 nitrogen and oxygen atoms in total. The van der Waals surface area contributed by atoms with Gasteiger partial charge >= 0.3 is 0 Å². The van der Waals surface area contributed by atoms with Crippen molar-refractivity contribution in [1.82, 2.24) is 14.6 Å². The van der Waals surface area contributed by atoms with E-state index in [1.54, 1.807) is 0 Å². The van der Waals surface area contributed by atoms with Crippen LogP contribution in [0.2, 0.25) is 0 Å². The van der Waals surface area contributed by atoms with E-state index >= 15 is 0 Å². The third-order valence-corrected chi connectivity index (χ3v) is 5.14. The minimum Gasteiger partial charge on any atom is -0.383 e. The van der Waals surface area contributed by atoms with Crippen molar-refractivity contribution in [3.8, 4) is 0 Å². The molecule has 0 saturated carbocycles. The van der Waals surface area contributed by atoms with Gasteiger partial charge in [0.05, 0.1) is 15.6 Å². The molecule has 2 aromatic rings. The molecule has 0 atom stereocenters. The summed E-state index contributed by atoms with van der Waals surface area (Å²) < 4.78 is 1.47. The predicted molar refractivity (Wildman–Crippen MR) is 101 cm³/mol. The van der Waals surface area contributed by atoms with E-state index in [0.717, 1.165) is 24.3 Å². The normalized spacial score (nSPS) is 14.7. The van der Waals surface area contributed by atoms with E-state index in [2.05, 4.69) is 17.0 Å². The lowest BCUT2D eigenvalue weighted by Gasteiger charge is -2.07. The van der Waals surface area contributed by atoms with Crippen LogP contribution in [0.1, 0.15) is 30.3 Å². The maximum Gasteiger partial charge on any atom is 0.283 e. The lowest BCUT2D eigenvalue weighted by Crippen LogP contribution is -2.17. The molecule has 0 fully saturated rings. The second kappa shape index (κ2) is 7.11. The number of fused-ring (bicyclic) bond motifs is 1. The Morgan fingerprint density at radius 3 is 2.60 bits per heavy atom. The van der Waals surface area contributed by atoms with Crippen LogP contribution < -0.4 is 11.3 Å². The number of nitrogens with zero attached hydrogens (tertiary/aromatic N) is 3. The molecule has 2 N–H and O–H groups in total. The van der Waals surface area contributed by atoms with Gasteiger partial charge in [0, 0.05) is 6.42 Å². The first-order valence-electron chi connectivity index (χ1n) is 7.59. The van der Waals surface area contributed by atoms with E-state index in [-0.39, 0.29) is 21.4 Å². The minimum atomic E-state index is -0.471. The summed E-state index contributed by atoms with van der Waals surface area (Å²) in [6.07, 6.45) is 7.22. The van der Waals surface area contributed by atoms with E-state index in [4.69, 9.17) is 28.9 Å². The predicted octanol–water partition coefficient (Wildman–Crippen LogP) is 3.29. The van der Waals surface area contributed by atoms with Crippen LogP contribution in [0.4, 0.5) is 5.82 Å². The van der Waals surface area contributed by atoms with Crippen LogP contribution in [0.15, 0.2) is 32.6 Å². The Labute approximate surface area is 157 Å². The molecule has 0 amide bonds. The number of hydrogen-bond acceptors (Lipinski definition) is 6. The standard InChI is InChI=1S/C16H14Cl2N4O2S/c1-2-3-4-12-21-22-14(19)9(15(24)20-16(22)25-12)5-8-6-10(17)13(23)11(18)7-8/h5-7H,2-4,19H2,1H3. The number of Topliss-reactive ketones (excluding diaryl/α,β-unsaturated/α-hetero) is 1. The van der Waals surface area contributed by atoms with Crippen LogP contribution in [0.3, 0.4) is 0 Å². The number of carbonyl (C=O) groups excluding carboxylic acids is 1. The fourth-order valence-electron chi connectivity index (χ4n) is 2.32. The van der Waals surface area contributed by atoms with Crippen LogP contribution in [0.5, 0.6) is 0 Å². The van der Waals surface area contributed by atoms with Gasteiger partial charge in [-0.05, 0) is 30.2 Å². The fraction of sp³-hybridized carbons (Fsp3) is 0.250. The number of hydrogen-bond donors (Lipinski definition) is 1. The van der Waals surface area contributed by atoms with Crippen molar-refractivity contribution in [3.63, 3.8) is 0 Å². The highest BCUT2D eigenvalue weighted by Crippen LogP contribution is 2.26. The first-order chi connectivity index (χ1) is 11.9. The molecule has 0 spiro atoms.